The Hall–Kier alpha value is -4.08. The van der Waals surface area contributed by atoms with E-state index in [2.05, 4.69) is 20.3 Å². The van der Waals surface area contributed by atoms with Crippen molar-refractivity contribution in [3.63, 3.8) is 0 Å². The second kappa shape index (κ2) is 7.63. The van der Waals surface area contributed by atoms with Crippen molar-refractivity contribution in [2.24, 2.45) is 7.05 Å². The van der Waals surface area contributed by atoms with Gasteiger partial charge in [0.1, 0.15) is 17.7 Å². The van der Waals surface area contributed by atoms with Crippen molar-refractivity contribution in [1.82, 2.24) is 19.5 Å². The SMILES string of the molecule is Cn1c(-c2cccc(C(F)(F)F)c2)nc2c(NC(=O)c3cncnc3)cccc2c1=O. The zero-order valence-electron chi connectivity index (χ0n) is 16.0. The molecular weight excluding hydrogens is 411 g/mol. The average Bonchev–Trinajstić information content (AvgIpc) is 2.76. The summed E-state index contributed by atoms with van der Waals surface area (Å²) in [6.45, 7) is 0. The van der Waals surface area contributed by atoms with E-state index in [1.54, 1.807) is 12.1 Å². The van der Waals surface area contributed by atoms with Gasteiger partial charge < -0.3 is 5.32 Å². The molecule has 2 aromatic heterocycles. The van der Waals surface area contributed by atoms with Crippen LogP contribution in [0, 0.1) is 0 Å². The van der Waals surface area contributed by atoms with Crippen LogP contribution in [0.5, 0.6) is 0 Å². The lowest BCUT2D eigenvalue weighted by molar-refractivity contribution is -0.137. The molecule has 0 saturated carbocycles. The van der Waals surface area contributed by atoms with Gasteiger partial charge in [-0.25, -0.2) is 15.0 Å². The fourth-order valence-electron chi connectivity index (χ4n) is 3.10. The minimum Gasteiger partial charge on any atom is -0.320 e. The number of para-hydroxylation sites is 1. The Kier molecular flexibility index (Phi) is 4.97. The Morgan fingerprint density at radius 3 is 2.48 bits per heavy atom. The molecule has 0 bridgehead atoms. The maximum absolute atomic E-state index is 13.1. The van der Waals surface area contributed by atoms with Crippen molar-refractivity contribution in [3.05, 3.63) is 82.7 Å². The van der Waals surface area contributed by atoms with Gasteiger partial charge in [-0.2, -0.15) is 13.2 Å². The number of amides is 1. The third kappa shape index (κ3) is 3.87. The molecule has 0 aliphatic carbocycles. The largest absolute Gasteiger partial charge is 0.416 e. The molecule has 2 aromatic carbocycles. The summed E-state index contributed by atoms with van der Waals surface area (Å²) >= 11 is 0. The number of fused-ring (bicyclic) bond motifs is 1. The highest BCUT2D eigenvalue weighted by atomic mass is 19.4. The number of aromatic nitrogens is 4. The number of hydrogen-bond donors (Lipinski definition) is 1. The van der Waals surface area contributed by atoms with E-state index in [0.717, 1.165) is 12.1 Å². The molecule has 1 amide bonds. The third-order valence-corrected chi connectivity index (χ3v) is 4.63. The Morgan fingerprint density at radius 2 is 1.77 bits per heavy atom. The molecule has 1 N–H and O–H groups in total. The quantitative estimate of drug-likeness (QED) is 0.541. The normalized spacial score (nSPS) is 11.5. The zero-order valence-corrected chi connectivity index (χ0v) is 16.0. The molecule has 0 aliphatic heterocycles. The maximum atomic E-state index is 13.1. The molecule has 0 spiro atoms. The first-order valence-electron chi connectivity index (χ1n) is 8.99. The molecule has 4 aromatic rings. The number of rotatable bonds is 3. The lowest BCUT2D eigenvalue weighted by atomic mass is 10.1. The minimum atomic E-state index is -4.54. The van der Waals surface area contributed by atoms with Crippen LogP contribution in [-0.4, -0.2) is 25.4 Å². The molecule has 0 atom stereocenters. The Balaban J connectivity index is 1.86. The predicted molar refractivity (Wildman–Crippen MR) is 107 cm³/mol. The van der Waals surface area contributed by atoms with Crippen molar-refractivity contribution in [1.29, 1.82) is 0 Å². The fourth-order valence-corrected chi connectivity index (χ4v) is 3.10. The molecule has 156 valence electrons. The average molecular weight is 425 g/mol. The standard InChI is InChI=1S/C21H14F3N5O2/c1-29-18(12-4-2-5-14(8-12)21(22,23)24)28-17-15(20(29)31)6-3-7-16(17)27-19(30)13-9-25-11-26-10-13/h2-11H,1H3,(H,27,30). The van der Waals surface area contributed by atoms with Crippen molar-refractivity contribution < 1.29 is 18.0 Å². The lowest BCUT2D eigenvalue weighted by Gasteiger charge is -2.14. The third-order valence-electron chi connectivity index (χ3n) is 4.63. The van der Waals surface area contributed by atoms with Gasteiger partial charge in [0.05, 0.1) is 22.2 Å². The highest BCUT2D eigenvalue weighted by molar-refractivity contribution is 6.08. The van der Waals surface area contributed by atoms with E-state index < -0.39 is 23.2 Å². The highest BCUT2D eigenvalue weighted by Crippen LogP contribution is 2.32. The van der Waals surface area contributed by atoms with Crippen LogP contribution in [0.25, 0.3) is 22.3 Å². The summed E-state index contributed by atoms with van der Waals surface area (Å²) in [5.74, 6) is -0.482. The van der Waals surface area contributed by atoms with Crippen LogP contribution in [0.1, 0.15) is 15.9 Å². The van der Waals surface area contributed by atoms with Gasteiger partial charge in [-0.1, -0.05) is 18.2 Å². The number of halogens is 3. The van der Waals surface area contributed by atoms with Gasteiger partial charge in [-0.05, 0) is 24.3 Å². The summed E-state index contributed by atoms with van der Waals surface area (Å²) in [5.41, 5.74) is -0.614. The first-order valence-corrected chi connectivity index (χ1v) is 8.99. The van der Waals surface area contributed by atoms with Gasteiger partial charge in [0, 0.05) is 25.0 Å². The summed E-state index contributed by atoms with van der Waals surface area (Å²) in [4.78, 5) is 37.4. The highest BCUT2D eigenvalue weighted by Gasteiger charge is 2.30. The molecule has 0 radical (unpaired) electrons. The van der Waals surface area contributed by atoms with Gasteiger partial charge in [-0.3, -0.25) is 14.2 Å². The molecule has 0 unspecified atom stereocenters. The Bertz CT molecular complexity index is 1350. The second-order valence-electron chi connectivity index (χ2n) is 6.66. The van der Waals surface area contributed by atoms with E-state index >= 15 is 0 Å². The van der Waals surface area contributed by atoms with Crippen molar-refractivity contribution >= 4 is 22.5 Å². The number of carbonyl (C=O) groups is 1. The molecule has 7 nitrogen and oxygen atoms in total. The van der Waals surface area contributed by atoms with Gasteiger partial charge in [0.25, 0.3) is 11.5 Å². The zero-order chi connectivity index (χ0) is 22.2. The number of alkyl halides is 3. The first kappa shape index (κ1) is 20.2. The lowest BCUT2D eigenvalue weighted by Crippen LogP contribution is -2.21. The number of anilines is 1. The van der Waals surface area contributed by atoms with Crippen LogP contribution in [-0.2, 0) is 13.2 Å². The molecule has 4 rings (SSSR count). The molecule has 10 heteroatoms. The summed E-state index contributed by atoms with van der Waals surface area (Å²) in [5, 5.41) is 2.86. The van der Waals surface area contributed by atoms with Crippen LogP contribution in [0.2, 0.25) is 0 Å². The van der Waals surface area contributed by atoms with Crippen molar-refractivity contribution in [2.75, 3.05) is 5.32 Å². The number of hydrogen-bond acceptors (Lipinski definition) is 5. The van der Waals surface area contributed by atoms with Crippen LogP contribution in [0.15, 0.2) is 66.0 Å². The summed E-state index contributed by atoms with van der Waals surface area (Å²) in [6.07, 6.45) is -0.605. The summed E-state index contributed by atoms with van der Waals surface area (Å²) < 4.78 is 40.6. The smallest absolute Gasteiger partial charge is 0.320 e. The van der Waals surface area contributed by atoms with Crippen molar-refractivity contribution in [3.8, 4) is 11.4 Å². The van der Waals surface area contributed by atoms with E-state index in [4.69, 9.17) is 0 Å². The van der Waals surface area contributed by atoms with E-state index in [-0.39, 0.29) is 33.5 Å². The monoisotopic (exact) mass is 425 g/mol. The molecule has 0 saturated heterocycles. The predicted octanol–water partition coefficient (Wildman–Crippen LogP) is 3.66. The van der Waals surface area contributed by atoms with E-state index in [1.165, 1.54) is 48.5 Å². The van der Waals surface area contributed by atoms with E-state index in [1.807, 2.05) is 0 Å². The Labute approximate surface area is 173 Å². The number of nitrogens with one attached hydrogen (secondary N) is 1. The summed E-state index contributed by atoms with van der Waals surface area (Å²) in [7, 11) is 1.43. The van der Waals surface area contributed by atoms with Crippen molar-refractivity contribution in [2.45, 2.75) is 6.18 Å². The topological polar surface area (TPSA) is 89.8 Å². The maximum Gasteiger partial charge on any atom is 0.416 e. The number of carbonyl (C=O) groups excluding carboxylic acids is 1. The van der Waals surface area contributed by atoms with Crippen LogP contribution in [0.4, 0.5) is 18.9 Å². The number of benzene rings is 2. The molecule has 0 aliphatic rings. The van der Waals surface area contributed by atoms with Gasteiger partial charge in [-0.15, -0.1) is 0 Å². The van der Waals surface area contributed by atoms with Gasteiger partial charge in [0.15, 0.2) is 0 Å². The van der Waals surface area contributed by atoms with E-state index in [0.29, 0.717) is 0 Å². The molecular formula is C21H14F3N5O2. The van der Waals surface area contributed by atoms with Crippen LogP contribution < -0.4 is 10.9 Å². The molecule has 31 heavy (non-hydrogen) atoms. The van der Waals surface area contributed by atoms with Gasteiger partial charge >= 0.3 is 6.18 Å². The Morgan fingerprint density at radius 1 is 1.06 bits per heavy atom. The van der Waals surface area contributed by atoms with Crippen LogP contribution >= 0.6 is 0 Å². The number of nitrogens with zero attached hydrogens (tertiary/aromatic N) is 4. The van der Waals surface area contributed by atoms with E-state index in [9.17, 15) is 22.8 Å². The molecule has 0 fully saturated rings. The van der Waals surface area contributed by atoms with Crippen LogP contribution in [0.3, 0.4) is 0 Å². The van der Waals surface area contributed by atoms with Gasteiger partial charge in [0.2, 0.25) is 0 Å². The summed E-state index contributed by atoms with van der Waals surface area (Å²) in [6, 6.07) is 9.20. The molecule has 2 heterocycles. The fraction of sp³-hybridized carbons (Fsp3) is 0.0952. The first-order chi connectivity index (χ1) is 14.8. The minimum absolute atomic E-state index is 0.0355. The second-order valence-corrected chi connectivity index (χ2v) is 6.66.